The monoisotopic (exact) mass is 356 g/mol. The van der Waals surface area contributed by atoms with Gasteiger partial charge in [0.25, 0.3) is 0 Å². The third kappa shape index (κ3) is 4.00. The van der Waals surface area contributed by atoms with Crippen molar-refractivity contribution in [3.63, 3.8) is 0 Å². The number of halogens is 3. The molecule has 0 aromatic heterocycles. The van der Waals surface area contributed by atoms with Crippen molar-refractivity contribution in [1.82, 2.24) is 5.43 Å². The van der Waals surface area contributed by atoms with E-state index in [0.29, 0.717) is 27.8 Å². The fourth-order valence-corrected chi connectivity index (χ4v) is 2.65. The van der Waals surface area contributed by atoms with E-state index in [-0.39, 0.29) is 5.82 Å². The SMILES string of the molecule is COc1ccc(C(Cc2cc(F)cc(Br)c2)NN)c(F)c1. The van der Waals surface area contributed by atoms with E-state index in [1.165, 1.54) is 25.3 Å². The minimum Gasteiger partial charge on any atom is -0.497 e. The summed E-state index contributed by atoms with van der Waals surface area (Å²) in [6.07, 6.45) is 0.357. The Kier molecular flexibility index (Phi) is 5.27. The van der Waals surface area contributed by atoms with Gasteiger partial charge >= 0.3 is 0 Å². The lowest BCUT2D eigenvalue weighted by molar-refractivity contribution is 0.409. The Morgan fingerprint density at radius 3 is 2.57 bits per heavy atom. The van der Waals surface area contributed by atoms with Crippen molar-refractivity contribution in [2.45, 2.75) is 12.5 Å². The first-order chi connectivity index (χ1) is 10.0. The quantitative estimate of drug-likeness (QED) is 0.636. The molecule has 0 heterocycles. The average Bonchev–Trinajstić information content (AvgIpc) is 2.44. The highest BCUT2D eigenvalue weighted by Gasteiger charge is 2.16. The van der Waals surface area contributed by atoms with Crippen LogP contribution < -0.4 is 16.0 Å². The Hall–Kier alpha value is -1.50. The highest BCUT2D eigenvalue weighted by molar-refractivity contribution is 9.10. The molecule has 0 saturated carbocycles. The van der Waals surface area contributed by atoms with Gasteiger partial charge in [-0.2, -0.15) is 0 Å². The van der Waals surface area contributed by atoms with Crippen molar-refractivity contribution in [3.05, 3.63) is 63.6 Å². The van der Waals surface area contributed by atoms with Crippen LogP contribution in [0.1, 0.15) is 17.2 Å². The molecule has 0 radical (unpaired) electrons. The standard InChI is InChI=1S/C15H15BrF2N2O/c1-21-12-2-3-13(14(18)8-12)15(20-19)6-9-4-10(16)7-11(17)5-9/h2-5,7-8,15,20H,6,19H2,1H3. The highest BCUT2D eigenvalue weighted by Crippen LogP contribution is 2.25. The Morgan fingerprint density at radius 1 is 1.24 bits per heavy atom. The van der Waals surface area contributed by atoms with Crippen molar-refractivity contribution in [2.24, 2.45) is 5.84 Å². The maximum atomic E-state index is 14.1. The molecular weight excluding hydrogens is 342 g/mol. The first-order valence-electron chi connectivity index (χ1n) is 6.28. The molecule has 0 aliphatic heterocycles. The first-order valence-corrected chi connectivity index (χ1v) is 7.07. The van der Waals surface area contributed by atoms with Gasteiger partial charge in [0.1, 0.15) is 17.4 Å². The van der Waals surface area contributed by atoms with Gasteiger partial charge in [-0.05, 0) is 36.2 Å². The summed E-state index contributed by atoms with van der Waals surface area (Å²) >= 11 is 3.23. The van der Waals surface area contributed by atoms with Crippen molar-refractivity contribution in [2.75, 3.05) is 7.11 Å². The molecule has 1 atom stereocenters. The molecule has 0 spiro atoms. The molecule has 0 aliphatic carbocycles. The Bertz CT molecular complexity index is 617. The summed E-state index contributed by atoms with van der Waals surface area (Å²) in [5.41, 5.74) is 3.68. The number of nitrogens with two attached hydrogens (primary N) is 1. The largest absolute Gasteiger partial charge is 0.497 e. The topological polar surface area (TPSA) is 47.3 Å². The van der Waals surface area contributed by atoms with Crippen LogP contribution >= 0.6 is 15.9 Å². The molecule has 0 amide bonds. The second kappa shape index (κ2) is 6.98. The molecule has 0 saturated heterocycles. The fraction of sp³-hybridized carbons (Fsp3) is 0.200. The summed E-state index contributed by atoms with van der Waals surface area (Å²) in [4.78, 5) is 0. The molecule has 0 fully saturated rings. The highest BCUT2D eigenvalue weighted by atomic mass is 79.9. The molecule has 0 aliphatic rings. The summed E-state index contributed by atoms with van der Waals surface area (Å²) in [5, 5.41) is 0. The number of rotatable bonds is 5. The summed E-state index contributed by atoms with van der Waals surface area (Å²) in [7, 11) is 1.47. The molecule has 3 nitrogen and oxygen atoms in total. The van der Waals surface area contributed by atoms with Crippen LogP contribution in [-0.4, -0.2) is 7.11 Å². The van der Waals surface area contributed by atoms with Crippen LogP contribution in [0.5, 0.6) is 5.75 Å². The van der Waals surface area contributed by atoms with Crippen LogP contribution in [0.4, 0.5) is 8.78 Å². The third-order valence-electron chi connectivity index (χ3n) is 3.15. The van der Waals surface area contributed by atoms with Gasteiger partial charge in [-0.1, -0.05) is 22.0 Å². The fourth-order valence-electron chi connectivity index (χ4n) is 2.14. The lowest BCUT2D eigenvalue weighted by Gasteiger charge is -2.18. The summed E-state index contributed by atoms with van der Waals surface area (Å²) in [5.74, 6) is 5.17. The van der Waals surface area contributed by atoms with Crippen LogP contribution in [0.25, 0.3) is 0 Å². The van der Waals surface area contributed by atoms with Gasteiger partial charge in [0.15, 0.2) is 0 Å². The lowest BCUT2D eigenvalue weighted by Crippen LogP contribution is -2.30. The van der Waals surface area contributed by atoms with Crippen LogP contribution in [0, 0.1) is 11.6 Å². The normalized spacial score (nSPS) is 12.2. The van der Waals surface area contributed by atoms with E-state index in [1.807, 2.05) is 0 Å². The smallest absolute Gasteiger partial charge is 0.131 e. The van der Waals surface area contributed by atoms with Crippen LogP contribution in [0.2, 0.25) is 0 Å². The van der Waals surface area contributed by atoms with Crippen molar-refractivity contribution in [1.29, 1.82) is 0 Å². The van der Waals surface area contributed by atoms with Crippen molar-refractivity contribution < 1.29 is 13.5 Å². The molecule has 1 unspecified atom stereocenters. The number of hydrazine groups is 1. The lowest BCUT2D eigenvalue weighted by atomic mass is 9.98. The third-order valence-corrected chi connectivity index (χ3v) is 3.60. The zero-order valence-electron chi connectivity index (χ0n) is 11.4. The van der Waals surface area contributed by atoms with Gasteiger partial charge in [-0.15, -0.1) is 0 Å². The van der Waals surface area contributed by atoms with Crippen molar-refractivity contribution >= 4 is 15.9 Å². The second-order valence-corrected chi connectivity index (χ2v) is 5.50. The number of methoxy groups -OCH3 is 1. The second-order valence-electron chi connectivity index (χ2n) is 4.59. The number of benzene rings is 2. The van der Waals surface area contributed by atoms with Gasteiger partial charge in [0.2, 0.25) is 0 Å². The summed E-state index contributed by atoms with van der Waals surface area (Å²) < 4.78 is 33.1. The van der Waals surface area contributed by atoms with Gasteiger partial charge < -0.3 is 4.74 Å². The van der Waals surface area contributed by atoms with E-state index in [4.69, 9.17) is 10.6 Å². The average molecular weight is 357 g/mol. The Morgan fingerprint density at radius 2 is 2.00 bits per heavy atom. The van der Waals surface area contributed by atoms with Crippen molar-refractivity contribution in [3.8, 4) is 5.75 Å². The molecule has 0 bridgehead atoms. The summed E-state index contributed by atoms with van der Waals surface area (Å²) in [6.45, 7) is 0. The van der Waals surface area contributed by atoms with Gasteiger partial charge in [-0.25, -0.2) is 8.78 Å². The molecule has 112 valence electrons. The number of ether oxygens (including phenoxy) is 1. The summed E-state index contributed by atoms with van der Waals surface area (Å²) in [6, 6.07) is 8.62. The van der Waals surface area contributed by atoms with E-state index < -0.39 is 11.9 Å². The maximum Gasteiger partial charge on any atom is 0.131 e. The van der Waals surface area contributed by atoms with Gasteiger partial charge in [-0.3, -0.25) is 11.3 Å². The number of nitrogens with one attached hydrogen (secondary N) is 1. The molecule has 6 heteroatoms. The first kappa shape index (κ1) is 15.9. The van der Waals surface area contributed by atoms with E-state index in [1.54, 1.807) is 18.2 Å². The zero-order valence-corrected chi connectivity index (χ0v) is 13.0. The maximum absolute atomic E-state index is 14.1. The van der Waals surface area contributed by atoms with Gasteiger partial charge in [0.05, 0.1) is 13.2 Å². The Balaban J connectivity index is 2.27. The minimum absolute atomic E-state index is 0.356. The van der Waals surface area contributed by atoms with Gasteiger partial charge in [0, 0.05) is 16.1 Å². The molecule has 3 N–H and O–H groups in total. The molecule has 2 aromatic carbocycles. The molecule has 2 aromatic rings. The predicted molar refractivity (Wildman–Crippen MR) is 80.8 cm³/mol. The molecule has 21 heavy (non-hydrogen) atoms. The Labute approximate surface area is 130 Å². The number of hydrogen-bond acceptors (Lipinski definition) is 3. The van der Waals surface area contributed by atoms with E-state index in [0.717, 1.165) is 0 Å². The predicted octanol–water partition coefficient (Wildman–Crippen LogP) is 3.48. The van der Waals surface area contributed by atoms with E-state index in [2.05, 4.69) is 21.4 Å². The van der Waals surface area contributed by atoms with E-state index >= 15 is 0 Å². The van der Waals surface area contributed by atoms with Crippen LogP contribution in [0.3, 0.4) is 0 Å². The van der Waals surface area contributed by atoms with Crippen LogP contribution in [-0.2, 0) is 6.42 Å². The van der Waals surface area contributed by atoms with E-state index in [9.17, 15) is 8.78 Å². The molecule has 2 rings (SSSR count). The zero-order chi connectivity index (χ0) is 15.4. The molecular formula is C15H15BrF2N2O. The van der Waals surface area contributed by atoms with Crippen LogP contribution in [0.15, 0.2) is 40.9 Å². The number of hydrogen-bond donors (Lipinski definition) is 2. The minimum atomic E-state index is -0.468.